The van der Waals surface area contributed by atoms with E-state index in [1.54, 1.807) is 11.2 Å². The molecule has 0 spiro atoms. The summed E-state index contributed by atoms with van der Waals surface area (Å²) >= 11 is 0. The molecular formula is C11H23N3O2S. The van der Waals surface area contributed by atoms with Crippen LogP contribution in [-0.2, 0) is 10.0 Å². The average molecular weight is 261 g/mol. The Morgan fingerprint density at radius 2 is 2.00 bits per heavy atom. The molecule has 6 heteroatoms. The Balaban J connectivity index is 2.11. The molecule has 2 fully saturated rings. The molecule has 2 unspecified atom stereocenters. The highest BCUT2D eigenvalue weighted by Gasteiger charge is 2.35. The van der Waals surface area contributed by atoms with E-state index in [0.717, 1.165) is 25.9 Å². The minimum absolute atomic E-state index is 0.202. The zero-order chi connectivity index (χ0) is 12.5. The largest absolute Gasteiger partial charge is 0.329 e. The minimum Gasteiger partial charge on any atom is -0.329 e. The molecule has 0 saturated carbocycles. The third-order valence-electron chi connectivity index (χ3n) is 3.97. The summed E-state index contributed by atoms with van der Waals surface area (Å²) in [5.74, 6) is 0. The Morgan fingerprint density at radius 1 is 1.29 bits per heavy atom. The lowest BCUT2D eigenvalue weighted by Crippen LogP contribution is -2.44. The van der Waals surface area contributed by atoms with Crippen LogP contribution in [0.15, 0.2) is 0 Å². The lowest BCUT2D eigenvalue weighted by molar-refractivity contribution is 0.257. The highest BCUT2D eigenvalue weighted by Crippen LogP contribution is 2.23. The first-order valence-electron chi connectivity index (χ1n) is 6.49. The van der Waals surface area contributed by atoms with Crippen molar-refractivity contribution < 1.29 is 8.42 Å². The molecule has 17 heavy (non-hydrogen) atoms. The van der Waals surface area contributed by atoms with Gasteiger partial charge in [-0.2, -0.15) is 0 Å². The van der Waals surface area contributed by atoms with E-state index in [1.165, 1.54) is 6.42 Å². The van der Waals surface area contributed by atoms with Crippen molar-refractivity contribution in [3.63, 3.8) is 0 Å². The van der Waals surface area contributed by atoms with Crippen molar-refractivity contribution in [2.45, 2.75) is 37.5 Å². The van der Waals surface area contributed by atoms with E-state index < -0.39 is 15.3 Å². The monoisotopic (exact) mass is 261 g/mol. The van der Waals surface area contributed by atoms with Gasteiger partial charge in [0.1, 0.15) is 0 Å². The van der Waals surface area contributed by atoms with E-state index in [-0.39, 0.29) is 6.54 Å². The van der Waals surface area contributed by atoms with Crippen LogP contribution >= 0.6 is 0 Å². The number of rotatable bonds is 3. The van der Waals surface area contributed by atoms with Crippen LogP contribution in [0.2, 0.25) is 0 Å². The standard InChI is InChI=1S/C11H23N3O2S/c1-10(8-12)17(15,16)14-7-3-6-13-5-2-4-11(13)9-14/h10-11H,2-9,12H2,1H3. The molecule has 0 aromatic rings. The number of fused-ring (bicyclic) bond motifs is 1. The second kappa shape index (κ2) is 5.22. The molecule has 2 aliphatic rings. The Hall–Kier alpha value is -0.170. The van der Waals surface area contributed by atoms with Crippen LogP contribution in [0.25, 0.3) is 0 Å². The molecule has 100 valence electrons. The molecular weight excluding hydrogens is 238 g/mol. The van der Waals surface area contributed by atoms with Gasteiger partial charge in [-0.1, -0.05) is 0 Å². The van der Waals surface area contributed by atoms with Crippen molar-refractivity contribution in [3.8, 4) is 0 Å². The molecule has 2 rings (SSSR count). The molecule has 2 heterocycles. The van der Waals surface area contributed by atoms with Crippen molar-refractivity contribution in [2.24, 2.45) is 5.73 Å². The van der Waals surface area contributed by atoms with E-state index in [4.69, 9.17) is 5.73 Å². The van der Waals surface area contributed by atoms with Crippen molar-refractivity contribution in [3.05, 3.63) is 0 Å². The summed E-state index contributed by atoms with van der Waals surface area (Å²) in [7, 11) is -3.19. The molecule has 2 atom stereocenters. The highest BCUT2D eigenvalue weighted by atomic mass is 32.2. The maximum absolute atomic E-state index is 12.3. The van der Waals surface area contributed by atoms with Gasteiger partial charge < -0.3 is 5.73 Å². The van der Waals surface area contributed by atoms with Crippen LogP contribution < -0.4 is 5.73 Å². The summed E-state index contributed by atoms with van der Waals surface area (Å²) in [5.41, 5.74) is 5.49. The number of nitrogens with two attached hydrogens (primary N) is 1. The van der Waals surface area contributed by atoms with E-state index in [2.05, 4.69) is 4.90 Å². The molecule has 2 N–H and O–H groups in total. The molecule has 0 amide bonds. The molecule has 2 aliphatic heterocycles. The van der Waals surface area contributed by atoms with Crippen LogP contribution in [0.3, 0.4) is 0 Å². The third-order valence-corrected chi connectivity index (χ3v) is 6.23. The van der Waals surface area contributed by atoms with Crippen molar-refractivity contribution in [1.82, 2.24) is 9.21 Å². The molecule has 0 bridgehead atoms. The summed E-state index contributed by atoms with van der Waals surface area (Å²) in [6.45, 7) is 5.38. The van der Waals surface area contributed by atoms with Gasteiger partial charge in [-0.3, -0.25) is 4.90 Å². The van der Waals surface area contributed by atoms with Gasteiger partial charge in [0.15, 0.2) is 0 Å². The Morgan fingerprint density at radius 3 is 2.71 bits per heavy atom. The second-order valence-corrected chi connectivity index (χ2v) is 7.49. The van der Waals surface area contributed by atoms with E-state index >= 15 is 0 Å². The fraction of sp³-hybridized carbons (Fsp3) is 1.00. The smallest absolute Gasteiger partial charge is 0.218 e. The van der Waals surface area contributed by atoms with Gasteiger partial charge in [0, 0.05) is 25.7 Å². The number of hydrogen-bond acceptors (Lipinski definition) is 4. The zero-order valence-electron chi connectivity index (χ0n) is 10.5. The van der Waals surface area contributed by atoms with Crippen molar-refractivity contribution in [2.75, 3.05) is 32.7 Å². The lowest BCUT2D eigenvalue weighted by atomic mass is 10.2. The van der Waals surface area contributed by atoms with Crippen LogP contribution in [0.4, 0.5) is 0 Å². The second-order valence-electron chi connectivity index (χ2n) is 5.13. The third kappa shape index (κ3) is 2.65. The van der Waals surface area contributed by atoms with Gasteiger partial charge in [0.25, 0.3) is 0 Å². The molecule has 2 saturated heterocycles. The van der Waals surface area contributed by atoms with Gasteiger partial charge in [-0.15, -0.1) is 0 Å². The fourth-order valence-electron chi connectivity index (χ4n) is 2.78. The maximum atomic E-state index is 12.3. The Bertz CT molecular complexity index is 358. The fourth-order valence-corrected chi connectivity index (χ4v) is 4.30. The SMILES string of the molecule is CC(CN)S(=O)(=O)N1CCCN2CCCC2C1. The predicted octanol–water partition coefficient (Wildman–Crippen LogP) is -0.166. The van der Waals surface area contributed by atoms with Crippen LogP contribution in [0.5, 0.6) is 0 Å². The van der Waals surface area contributed by atoms with Crippen molar-refractivity contribution >= 4 is 10.0 Å². The quantitative estimate of drug-likeness (QED) is 0.766. The summed E-state index contributed by atoms with van der Waals surface area (Å²) in [5, 5.41) is -0.463. The summed E-state index contributed by atoms with van der Waals surface area (Å²) in [6, 6.07) is 0.428. The van der Waals surface area contributed by atoms with Gasteiger partial charge in [0.05, 0.1) is 5.25 Å². The number of hydrogen-bond donors (Lipinski definition) is 1. The lowest BCUT2D eigenvalue weighted by Gasteiger charge is -2.27. The Labute approximate surface area is 104 Å². The number of nitrogens with zero attached hydrogens (tertiary/aromatic N) is 2. The first kappa shape index (κ1) is 13.3. The normalized spacial score (nSPS) is 29.9. The first-order chi connectivity index (χ1) is 8.05. The Kier molecular flexibility index (Phi) is 4.07. The average Bonchev–Trinajstić information content (AvgIpc) is 2.65. The molecule has 0 aromatic carbocycles. The molecule has 5 nitrogen and oxygen atoms in total. The number of sulfonamides is 1. The minimum atomic E-state index is -3.19. The highest BCUT2D eigenvalue weighted by molar-refractivity contribution is 7.89. The molecule has 0 radical (unpaired) electrons. The summed E-state index contributed by atoms with van der Waals surface area (Å²) in [4.78, 5) is 2.43. The van der Waals surface area contributed by atoms with Gasteiger partial charge in [-0.25, -0.2) is 12.7 Å². The molecule has 0 aromatic heterocycles. The van der Waals surface area contributed by atoms with E-state index in [1.807, 2.05) is 0 Å². The van der Waals surface area contributed by atoms with E-state index in [0.29, 0.717) is 19.1 Å². The van der Waals surface area contributed by atoms with Crippen LogP contribution in [0, 0.1) is 0 Å². The van der Waals surface area contributed by atoms with Crippen molar-refractivity contribution in [1.29, 1.82) is 0 Å². The first-order valence-corrected chi connectivity index (χ1v) is 7.99. The van der Waals surface area contributed by atoms with Gasteiger partial charge in [-0.05, 0) is 39.3 Å². The topological polar surface area (TPSA) is 66.6 Å². The van der Waals surface area contributed by atoms with Gasteiger partial charge in [0.2, 0.25) is 10.0 Å². The van der Waals surface area contributed by atoms with Crippen LogP contribution in [-0.4, -0.2) is 61.6 Å². The summed E-state index contributed by atoms with van der Waals surface area (Å²) < 4.78 is 26.2. The van der Waals surface area contributed by atoms with Crippen LogP contribution in [0.1, 0.15) is 26.2 Å². The van der Waals surface area contributed by atoms with Gasteiger partial charge >= 0.3 is 0 Å². The zero-order valence-corrected chi connectivity index (χ0v) is 11.3. The van der Waals surface area contributed by atoms with E-state index in [9.17, 15) is 8.42 Å². The maximum Gasteiger partial charge on any atom is 0.218 e. The summed E-state index contributed by atoms with van der Waals surface area (Å²) in [6.07, 6.45) is 3.26. The molecule has 0 aliphatic carbocycles. The predicted molar refractivity (Wildman–Crippen MR) is 68.2 cm³/mol.